The number of sulfonamides is 1. The van der Waals surface area contributed by atoms with Crippen LogP contribution < -0.4 is 9.62 Å². The number of anilines is 1. The van der Waals surface area contributed by atoms with Crippen molar-refractivity contribution in [3.8, 4) is 0 Å². The number of piperazine rings is 1. The van der Waals surface area contributed by atoms with Gasteiger partial charge in [-0.05, 0) is 43.9 Å². The van der Waals surface area contributed by atoms with Gasteiger partial charge in [-0.25, -0.2) is 17.5 Å². The molecule has 0 spiro atoms. The molecule has 30 heavy (non-hydrogen) atoms. The maximum Gasteiger partial charge on any atom is 0.240 e. The van der Waals surface area contributed by atoms with Gasteiger partial charge in [-0.2, -0.15) is 0 Å². The molecule has 1 saturated carbocycles. The molecule has 3 aliphatic rings. The van der Waals surface area contributed by atoms with Crippen LogP contribution >= 0.6 is 0 Å². The lowest BCUT2D eigenvalue weighted by Gasteiger charge is -2.40. The van der Waals surface area contributed by atoms with Gasteiger partial charge in [-0.1, -0.05) is 6.92 Å². The molecule has 4 rings (SSSR count). The topological polar surface area (TPSA) is 82.1 Å². The van der Waals surface area contributed by atoms with Crippen LogP contribution in [0.15, 0.2) is 23.1 Å². The molecule has 9 heteroatoms. The van der Waals surface area contributed by atoms with Gasteiger partial charge in [0.05, 0.1) is 23.3 Å². The number of ether oxygens (including phenoxy) is 1. The largest absolute Gasteiger partial charge is 0.391 e. The van der Waals surface area contributed by atoms with Gasteiger partial charge in [0.2, 0.25) is 10.0 Å². The number of hydrogen-bond acceptors (Lipinski definition) is 6. The van der Waals surface area contributed by atoms with Crippen LogP contribution in [0.5, 0.6) is 0 Å². The average Bonchev–Trinajstić information content (AvgIpc) is 3.35. The summed E-state index contributed by atoms with van der Waals surface area (Å²) >= 11 is 0. The highest BCUT2D eigenvalue weighted by molar-refractivity contribution is 7.89. The summed E-state index contributed by atoms with van der Waals surface area (Å²) in [5, 5.41) is 10.1. The molecule has 0 radical (unpaired) electrons. The lowest BCUT2D eigenvalue weighted by molar-refractivity contribution is 0.0671. The summed E-state index contributed by atoms with van der Waals surface area (Å²) < 4.78 is 48.1. The molecule has 0 aromatic heterocycles. The maximum absolute atomic E-state index is 14.8. The van der Waals surface area contributed by atoms with E-state index in [0.29, 0.717) is 32.0 Å². The Labute approximate surface area is 178 Å². The Kier molecular flexibility index (Phi) is 6.37. The molecule has 1 aromatic rings. The van der Waals surface area contributed by atoms with Crippen molar-refractivity contribution in [3.05, 3.63) is 24.0 Å². The van der Waals surface area contributed by atoms with Crippen molar-refractivity contribution >= 4 is 15.7 Å². The summed E-state index contributed by atoms with van der Waals surface area (Å²) in [6.45, 7) is 6.25. The maximum atomic E-state index is 14.8. The summed E-state index contributed by atoms with van der Waals surface area (Å²) in [6.07, 6.45) is 3.46. The molecule has 2 aliphatic heterocycles. The van der Waals surface area contributed by atoms with Crippen LogP contribution in [0.3, 0.4) is 0 Å². The zero-order chi connectivity index (χ0) is 21.4. The highest BCUT2D eigenvalue weighted by atomic mass is 32.2. The van der Waals surface area contributed by atoms with Crippen LogP contribution in [0.2, 0.25) is 0 Å². The Morgan fingerprint density at radius 3 is 2.63 bits per heavy atom. The fourth-order valence-corrected chi connectivity index (χ4v) is 5.96. The van der Waals surface area contributed by atoms with Crippen molar-refractivity contribution in [2.45, 2.75) is 49.6 Å². The predicted octanol–water partition coefficient (Wildman–Crippen LogP) is 1.57. The first-order chi connectivity index (χ1) is 14.3. The van der Waals surface area contributed by atoms with Crippen molar-refractivity contribution < 1.29 is 22.7 Å². The highest BCUT2D eigenvalue weighted by Crippen LogP contribution is 2.29. The summed E-state index contributed by atoms with van der Waals surface area (Å²) in [5.74, 6) is -0.525. The third-order valence-corrected chi connectivity index (χ3v) is 8.19. The van der Waals surface area contributed by atoms with Gasteiger partial charge in [0.1, 0.15) is 5.82 Å². The molecule has 3 atom stereocenters. The first-order valence-corrected chi connectivity index (χ1v) is 12.3. The second-order valence-corrected chi connectivity index (χ2v) is 10.9. The molecule has 2 saturated heterocycles. The number of halogens is 1. The molecule has 168 valence electrons. The minimum atomic E-state index is -3.78. The summed E-state index contributed by atoms with van der Waals surface area (Å²) in [4.78, 5) is 4.19. The SMILES string of the molecule is CC1(CNS(=O)(=O)c2ccc(N3CCN([C@@H]4CCC[C@H]4O)CC3)c(F)c2)CCOC1. The Hall–Kier alpha value is -1.26. The van der Waals surface area contributed by atoms with Crippen LogP contribution in [-0.4, -0.2) is 76.5 Å². The zero-order valence-corrected chi connectivity index (χ0v) is 18.3. The number of rotatable bonds is 6. The summed E-state index contributed by atoms with van der Waals surface area (Å²) in [7, 11) is -3.78. The Bertz CT molecular complexity index is 852. The summed E-state index contributed by atoms with van der Waals surface area (Å²) in [5.41, 5.74) is 0.203. The van der Waals surface area contributed by atoms with E-state index in [4.69, 9.17) is 4.74 Å². The lowest BCUT2D eigenvalue weighted by Crippen LogP contribution is -2.52. The number of aliphatic hydroxyl groups excluding tert-OH is 1. The van der Waals surface area contributed by atoms with E-state index in [9.17, 15) is 17.9 Å². The van der Waals surface area contributed by atoms with Gasteiger partial charge in [-0.15, -0.1) is 0 Å². The van der Waals surface area contributed by atoms with Gasteiger partial charge in [-0.3, -0.25) is 4.90 Å². The van der Waals surface area contributed by atoms with Gasteiger partial charge in [0.15, 0.2) is 0 Å². The molecule has 7 nitrogen and oxygen atoms in total. The first-order valence-electron chi connectivity index (χ1n) is 10.8. The fourth-order valence-electron chi connectivity index (χ4n) is 4.75. The molecule has 0 bridgehead atoms. The Morgan fingerprint density at radius 2 is 2.03 bits per heavy atom. The normalized spacial score (nSPS) is 30.8. The molecular formula is C21H32FN3O4S. The van der Waals surface area contributed by atoms with E-state index >= 15 is 0 Å². The van der Waals surface area contributed by atoms with Gasteiger partial charge >= 0.3 is 0 Å². The van der Waals surface area contributed by atoms with Crippen LogP contribution in [-0.2, 0) is 14.8 Å². The molecule has 2 heterocycles. The van der Waals surface area contributed by atoms with Crippen molar-refractivity contribution in [3.63, 3.8) is 0 Å². The number of benzene rings is 1. The second-order valence-electron chi connectivity index (χ2n) is 9.14. The molecule has 1 unspecified atom stereocenters. The van der Waals surface area contributed by atoms with Crippen molar-refractivity contribution in [1.82, 2.24) is 9.62 Å². The third-order valence-electron chi connectivity index (χ3n) is 6.79. The number of hydrogen-bond donors (Lipinski definition) is 2. The fraction of sp³-hybridized carbons (Fsp3) is 0.714. The monoisotopic (exact) mass is 441 g/mol. The second kappa shape index (κ2) is 8.70. The van der Waals surface area contributed by atoms with Crippen LogP contribution in [0.25, 0.3) is 0 Å². The standard InChI is InChI=1S/C21H32FN3O4S/c1-21(7-12-29-15-21)14-23-30(27,28)16-5-6-18(17(22)13-16)24-8-10-25(11-9-24)19-3-2-4-20(19)26/h5-6,13,19-20,23,26H,2-4,7-12,14-15H2,1H3/t19-,20-,21?/m1/s1. The van der Waals surface area contributed by atoms with E-state index in [1.165, 1.54) is 6.07 Å². The lowest BCUT2D eigenvalue weighted by atomic mass is 9.91. The molecule has 1 aromatic carbocycles. The molecule has 0 amide bonds. The minimum Gasteiger partial charge on any atom is -0.391 e. The number of nitrogens with one attached hydrogen (secondary N) is 1. The predicted molar refractivity (Wildman–Crippen MR) is 113 cm³/mol. The molecule has 2 N–H and O–H groups in total. The molecule has 3 fully saturated rings. The van der Waals surface area contributed by atoms with Gasteiger partial charge in [0.25, 0.3) is 0 Å². The smallest absolute Gasteiger partial charge is 0.240 e. The quantitative estimate of drug-likeness (QED) is 0.697. The van der Waals surface area contributed by atoms with E-state index in [2.05, 4.69) is 9.62 Å². The summed E-state index contributed by atoms with van der Waals surface area (Å²) in [6, 6.07) is 4.35. The van der Waals surface area contributed by atoms with E-state index in [1.807, 2.05) is 11.8 Å². The van der Waals surface area contributed by atoms with Crippen LogP contribution in [0.4, 0.5) is 10.1 Å². The average molecular weight is 442 g/mol. The third kappa shape index (κ3) is 4.65. The zero-order valence-electron chi connectivity index (χ0n) is 17.5. The Morgan fingerprint density at radius 1 is 1.27 bits per heavy atom. The van der Waals surface area contributed by atoms with E-state index in [-0.39, 0.29) is 29.0 Å². The first kappa shape index (κ1) is 22.0. The van der Waals surface area contributed by atoms with Crippen LogP contribution in [0.1, 0.15) is 32.6 Å². The van der Waals surface area contributed by atoms with Gasteiger partial charge in [0, 0.05) is 50.8 Å². The van der Waals surface area contributed by atoms with E-state index < -0.39 is 15.8 Å². The Balaban J connectivity index is 1.38. The number of aliphatic hydroxyl groups is 1. The van der Waals surface area contributed by atoms with Crippen molar-refractivity contribution in [2.24, 2.45) is 5.41 Å². The van der Waals surface area contributed by atoms with Crippen molar-refractivity contribution in [2.75, 3.05) is 50.8 Å². The molecule has 1 aliphatic carbocycles. The number of nitrogens with zero attached hydrogens (tertiary/aromatic N) is 2. The highest BCUT2D eigenvalue weighted by Gasteiger charge is 2.34. The van der Waals surface area contributed by atoms with Crippen molar-refractivity contribution in [1.29, 1.82) is 0 Å². The molecular weight excluding hydrogens is 409 g/mol. The van der Waals surface area contributed by atoms with Crippen LogP contribution in [0, 0.1) is 11.2 Å². The minimum absolute atomic E-state index is 0.0565. The van der Waals surface area contributed by atoms with E-state index in [0.717, 1.165) is 44.8 Å². The van der Waals surface area contributed by atoms with Gasteiger partial charge < -0.3 is 14.7 Å². The van der Waals surface area contributed by atoms with E-state index in [1.54, 1.807) is 6.07 Å².